The number of carbonyl (C=O) groups excluding carboxylic acids is 2. The van der Waals surface area contributed by atoms with E-state index in [0.717, 1.165) is 32.1 Å². The van der Waals surface area contributed by atoms with Crippen LogP contribution in [0.1, 0.15) is 49.4 Å². The molecule has 0 saturated heterocycles. The fourth-order valence-corrected chi connectivity index (χ4v) is 6.69. The molecule has 4 aliphatic rings. The molecule has 4 aliphatic carbocycles. The molecule has 2 atom stereocenters. The highest BCUT2D eigenvalue weighted by atomic mass is 35.5. The van der Waals surface area contributed by atoms with E-state index < -0.39 is 0 Å². The Balaban J connectivity index is 1.38. The molecule has 0 aromatic carbocycles. The van der Waals surface area contributed by atoms with Crippen molar-refractivity contribution in [3.8, 4) is 5.82 Å². The summed E-state index contributed by atoms with van der Waals surface area (Å²) < 4.78 is 8.49. The second-order valence-corrected chi connectivity index (χ2v) is 10.1. The van der Waals surface area contributed by atoms with Gasteiger partial charge in [0.1, 0.15) is 5.56 Å². The second kappa shape index (κ2) is 8.19. The smallest absolute Gasteiger partial charge is 0.256 e. The molecule has 2 aromatic heterocycles. The molecule has 4 fully saturated rings. The Kier molecular flexibility index (Phi) is 5.49. The maximum atomic E-state index is 13.4. The van der Waals surface area contributed by atoms with Crippen LogP contribution < -0.4 is 10.6 Å². The fourth-order valence-electron chi connectivity index (χ4n) is 6.55. The standard InChI is InChI=1S/C22H29ClN6O3/c1-13(30)27-22-7-14-5-15(8-22)19(16(6-14)9-22)26-20(31)18-11-25-28(3-4-32-2)21(18)29-12-17(23)10-24-29/h10-12,14-16,19H,3-9H2,1-2H3,(H,26,31)(H,27,30)/t14?,15-,16-,19?,22?/m0/s1. The van der Waals surface area contributed by atoms with E-state index in [1.165, 1.54) is 6.20 Å². The maximum Gasteiger partial charge on any atom is 0.256 e. The molecule has 4 bridgehead atoms. The van der Waals surface area contributed by atoms with Crippen LogP contribution in [0.3, 0.4) is 0 Å². The van der Waals surface area contributed by atoms with Gasteiger partial charge in [-0.15, -0.1) is 0 Å². The van der Waals surface area contributed by atoms with Crippen molar-refractivity contribution in [3.63, 3.8) is 0 Å². The number of methoxy groups -OCH3 is 1. The number of nitrogens with one attached hydrogen (secondary N) is 2. The van der Waals surface area contributed by atoms with Gasteiger partial charge in [-0.25, -0.2) is 9.36 Å². The highest BCUT2D eigenvalue weighted by Crippen LogP contribution is 2.55. The minimum absolute atomic E-state index is 0.0403. The van der Waals surface area contributed by atoms with Gasteiger partial charge in [-0.05, 0) is 49.9 Å². The average Bonchev–Trinajstić information content (AvgIpc) is 3.33. The van der Waals surface area contributed by atoms with Crippen LogP contribution in [-0.4, -0.2) is 56.7 Å². The highest BCUT2D eigenvalue weighted by molar-refractivity contribution is 6.30. The molecule has 0 spiro atoms. The summed E-state index contributed by atoms with van der Waals surface area (Å²) in [7, 11) is 1.63. The van der Waals surface area contributed by atoms with E-state index in [4.69, 9.17) is 16.3 Å². The van der Waals surface area contributed by atoms with Crippen molar-refractivity contribution in [2.75, 3.05) is 13.7 Å². The van der Waals surface area contributed by atoms with Crippen LogP contribution in [0.25, 0.3) is 5.82 Å². The zero-order valence-electron chi connectivity index (χ0n) is 18.4. The molecule has 0 radical (unpaired) electrons. The van der Waals surface area contributed by atoms with E-state index in [1.54, 1.807) is 35.8 Å². The third kappa shape index (κ3) is 3.81. The molecule has 2 amide bonds. The average molecular weight is 461 g/mol. The van der Waals surface area contributed by atoms with Crippen LogP contribution in [0.5, 0.6) is 0 Å². The lowest BCUT2D eigenvalue weighted by atomic mass is 9.51. The van der Waals surface area contributed by atoms with E-state index in [0.29, 0.717) is 47.3 Å². The second-order valence-electron chi connectivity index (χ2n) is 9.63. The van der Waals surface area contributed by atoms with Crippen molar-refractivity contribution in [1.82, 2.24) is 30.2 Å². The molecule has 2 N–H and O–H groups in total. The summed E-state index contributed by atoms with van der Waals surface area (Å²) in [4.78, 5) is 25.3. The molecular formula is C22H29ClN6O3. The number of halogens is 1. The van der Waals surface area contributed by atoms with Crippen molar-refractivity contribution in [2.24, 2.45) is 17.8 Å². The van der Waals surface area contributed by atoms with Gasteiger partial charge in [0.15, 0.2) is 5.82 Å². The molecule has 0 aliphatic heterocycles. The molecule has 9 nitrogen and oxygen atoms in total. The molecule has 4 saturated carbocycles. The first kappa shape index (κ1) is 21.5. The van der Waals surface area contributed by atoms with Crippen molar-refractivity contribution < 1.29 is 14.3 Å². The lowest BCUT2D eigenvalue weighted by molar-refractivity contribution is -0.125. The first-order chi connectivity index (χ1) is 15.4. The number of carbonyl (C=O) groups is 2. The topological polar surface area (TPSA) is 103 Å². The van der Waals surface area contributed by atoms with Gasteiger partial charge in [0.25, 0.3) is 5.91 Å². The Hall–Kier alpha value is -2.39. The van der Waals surface area contributed by atoms with Crippen LogP contribution in [0.15, 0.2) is 18.6 Å². The summed E-state index contributed by atoms with van der Waals surface area (Å²) in [6.07, 6.45) is 9.93. The van der Waals surface area contributed by atoms with Crippen molar-refractivity contribution >= 4 is 23.4 Å². The van der Waals surface area contributed by atoms with Gasteiger partial charge in [0, 0.05) is 25.6 Å². The molecule has 2 heterocycles. The number of hydrogen-bond donors (Lipinski definition) is 2. The van der Waals surface area contributed by atoms with E-state index in [2.05, 4.69) is 20.8 Å². The third-order valence-electron chi connectivity index (χ3n) is 7.34. The quantitative estimate of drug-likeness (QED) is 0.659. The van der Waals surface area contributed by atoms with Crippen molar-refractivity contribution in [2.45, 2.75) is 57.2 Å². The van der Waals surface area contributed by atoms with Gasteiger partial charge in [-0.1, -0.05) is 11.6 Å². The summed E-state index contributed by atoms with van der Waals surface area (Å²) in [6.45, 7) is 2.55. The monoisotopic (exact) mass is 460 g/mol. The number of amides is 2. The molecule has 2 aromatic rings. The lowest BCUT2D eigenvalue weighted by Crippen LogP contribution is -2.66. The number of nitrogens with zero attached hydrogens (tertiary/aromatic N) is 4. The zero-order chi connectivity index (χ0) is 22.5. The zero-order valence-corrected chi connectivity index (χ0v) is 19.1. The number of rotatable bonds is 7. The molecule has 10 heteroatoms. The number of aromatic nitrogens is 4. The van der Waals surface area contributed by atoms with Gasteiger partial charge in [-0.2, -0.15) is 10.2 Å². The Morgan fingerprint density at radius 2 is 1.97 bits per heavy atom. The SMILES string of the molecule is COCCn1ncc(C(=O)NC2[C@H]3CC4C[C@H]2CC(NC(C)=O)(C4)C3)c1-n1cc(Cl)cn1. The van der Waals surface area contributed by atoms with Crippen LogP contribution in [0.4, 0.5) is 0 Å². The van der Waals surface area contributed by atoms with Crippen molar-refractivity contribution in [3.05, 3.63) is 29.2 Å². The third-order valence-corrected chi connectivity index (χ3v) is 7.54. The molecule has 0 unspecified atom stereocenters. The molecule has 6 rings (SSSR count). The predicted octanol–water partition coefficient (Wildman–Crippen LogP) is 2.18. The Morgan fingerprint density at radius 1 is 1.22 bits per heavy atom. The molecule has 32 heavy (non-hydrogen) atoms. The Labute approximate surface area is 191 Å². The summed E-state index contributed by atoms with van der Waals surface area (Å²) >= 11 is 6.08. The van der Waals surface area contributed by atoms with E-state index in [1.807, 2.05) is 0 Å². The van der Waals surface area contributed by atoms with Gasteiger partial charge < -0.3 is 15.4 Å². The number of hydrogen-bond acceptors (Lipinski definition) is 5. The summed E-state index contributed by atoms with van der Waals surface area (Å²) in [5.74, 6) is 1.85. The predicted molar refractivity (Wildman–Crippen MR) is 118 cm³/mol. The van der Waals surface area contributed by atoms with E-state index in [-0.39, 0.29) is 23.4 Å². The fraction of sp³-hybridized carbons (Fsp3) is 0.636. The van der Waals surface area contributed by atoms with Crippen LogP contribution >= 0.6 is 11.6 Å². The minimum atomic E-state index is -0.152. The van der Waals surface area contributed by atoms with Gasteiger partial charge >= 0.3 is 0 Å². The first-order valence-electron chi connectivity index (χ1n) is 11.2. The Bertz CT molecular complexity index is 1020. The molecular weight excluding hydrogens is 432 g/mol. The first-order valence-corrected chi connectivity index (χ1v) is 11.6. The van der Waals surface area contributed by atoms with Crippen LogP contribution in [0, 0.1) is 17.8 Å². The van der Waals surface area contributed by atoms with E-state index >= 15 is 0 Å². The summed E-state index contributed by atoms with van der Waals surface area (Å²) in [5.41, 5.74) is 0.372. The number of ether oxygens (including phenoxy) is 1. The van der Waals surface area contributed by atoms with Crippen molar-refractivity contribution in [1.29, 1.82) is 0 Å². The van der Waals surface area contributed by atoms with Gasteiger partial charge in [0.2, 0.25) is 5.91 Å². The van der Waals surface area contributed by atoms with Crippen LogP contribution in [0.2, 0.25) is 5.02 Å². The lowest BCUT2D eigenvalue weighted by Gasteiger charge is -2.60. The Morgan fingerprint density at radius 3 is 2.59 bits per heavy atom. The summed E-state index contributed by atoms with van der Waals surface area (Å²) in [6, 6.07) is 0.109. The molecule has 172 valence electrons. The van der Waals surface area contributed by atoms with Gasteiger partial charge in [0.05, 0.1) is 36.8 Å². The highest BCUT2D eigenvalue weighted by Gasteiger charge is 2.56. The largest absolute Gasteiger partial charge is 0.383 e. The summed E-state index contributed by atoms with van der Waals surface area (Å²) in [5, 5.41) is 15.8. The van der Waals surface area contributed by atoms with Crippen LogP contribution in [-0.2, 0) is 16.1 Å². The van der Waals surface area contributed by atoms with Gasteiger partial charge in [-0.3, -0.25) is 9.59 Å². The van der Waals surface area contributed by atoms with E-state index in [9.17, 15) is 9.59 Å². The minimum Gasteiger partial charge on any atom is -0.383 e. The normalized spacial score (nSPS) is 30.5. The maximum absolute atomic E-state index is 13.4.